The zero-order valence-corrected chi connectivity index (χ0v) is 33.6. The molecule has 2 aliphatic heterocycles. The summed E-state index contributed by atoms with van der Waals surface area (Å²) in [4.78, 5) is 39.3. The molecule has 0 aromatic heterocycles. The van der Waals surface area contributed by atoms with Crippen LogP contribution in [0, 0.1) is 29.1 Å². The van der Waals surface area contributed by atoms with Crippen LogP contribution < -0.4 is 0 Å². The van der Waals surface area contributed by atoms with Crippen LogP contribution in [-0.2, 0) is 66.5 Å². The minimum Gasteiger partial charge on any atom is -0.497 e. The average Bonchev–Trinajstić information content (AvgIpc) is 3.77. The van der Waals surface area contributed by atoms with Gasteiger partial charge in [-0.15, -0.1) is 0 Å². The Bertz CT molecular complexity index is 1420. The van der Waals surface area contributed by atoms with E-state index in [-0.39, 0.29) is 49.6 Å². The highest BCUT2D eigenvalue weighted by atomic mass is 16.7. The molecule has 2 heterocycles. The van der Waals surface area contributed by atoms with Gasteiger partial charge in [-0.05, 0) is 88.9 Å². The van der Waals surface area contributed by atoms with Crippen LogP contribution in [0.5, 0.6) is 0 Å². The van der Waals surface area contributed by atoms with Gasteiger partial charge in [0.15, 0.2) is 18.9 Å². The molecule has 14 nitrogen and oxygen atoms in total. The van der Waals surface area contributed by atoms with Crippen molar-refractivity contribution in [2.24, 2.45) is 29.1 Å². The Balaban J connectivity index is 1.08. The van der Waals surface area contributed by atoms with E-state index in [1.54, 1.807) is 27.9 Å². The molecule has 5 rings (SSSR count). The van der Waals surface area contributed by atoms with E-state index < -0.39 is 73.0 Å². The third-order valence-electron chi connectivity index (χ3n) is 11.3. The lowest BCUT2D eigenvalue weighted by molar-refractivity contribution is -0.201. The summed E-state index contributed by atoms with van der Waals surface area (Å²) in [6, 6.07) is 0. The van der Waals surface area contributed by atoms with Crippen LogP contribution in [0.15, 0.2) is 47.8 Å². The summed E-state index contributed by atoms with van der Waals surface area (Å²) in [7, 11) is 4.53. The van der Waals surface area contributed by atoms with E-state index in [1.807, 2.05) is 13.0 Å². The molecular weight excluding hydrogens is 716 g/mol. The number of fused-ring (bicyclic) bond motifs is 1. The first kappa shape index (κ1) is 43.0. The van der Waals surface area contributed by atoms with Gasteiger partial charge >= 0.3 is 17.9 Å². The van der Waals surface area contributed by atoms with Crippen LogP contribution in [-0.4, -0.2) is 108 Å². The van der Waals surface area contributed by atoms with Crippen LogP contribution in [0.2, 0.25) is 0 Å². The fraction of sp³-hybridized carbons (Fsp3) is 0.732. The number of carbonyl (C=O) groups excluding carboxylic acids is 3. The molecule has 3 fully saturated rings. The topological polar surface area (TPSA) is 153 Å². The second-order valence-corrected chi connectivity index (χ2v) is 15.5. The van der Waals surface area contributed by atoms with Gasteiger partial charge in [0.2, 0.25) is 6.29 Å². The fourth-order valence-electron chi connectivity index (χ4n) is 7.91. The van der Waals surface area contributed by atoms with E-state index >= 15 is 0 Å². The molecule has 14 heteroatoms. The molecule has 0 amide bonds. The van der Waals surface area contributed by atoms with Crippen molar-refractivity contribution >= 4 is 17.9 Å². The van der Waals surface area contributed by atoms with Crippen molar-refractivity contribution in [3.8, 4) is 0 Å². The van der Waals surface area contributed by atoms with Crippen molar-refractivity contribution in [1.82, 2.24) is 0 Å². The highest BCUT2D eigenvalue weighted by molar-refractivity contribution is 5.80. The molecule has 0 aromatic carbocycles. The van der Waals surface area contributed by atoms with E-state index in [0.717, 1.165) is 18.6 Å². The number of esters is 3. The molecule has 2 saturated heterocycles. The highest BCUT2D eigenvalue weighted by Crippen LogP contribution is 2.42. The molecular formula is C41H60O14. The van der Waals surface area contributed by atoms with Crippen molar-refractivity contribution in [1.29, 1.82) is 0 Å². The predicted molar refractivity (Wildman–Crippen MR) is 197 cm³/mol. The third kappa shape index (κ3) is 11.1. The number of hydrogen-bond donors (Lipinski definition) is 0. The second kappa shape index (κ2) is 19.4. The molecule has 0 radical (unpaired) electrons. The number of rotatable bonds is 17. The Morgan fingerprint density at radius 3 is 1.60 bits per heavy atom. The maximum atomic E-state index is 13.4. The van der Waals surface area contributed by atoms with Gasteiger partial charge in [-0.2, -0.15) is 0 Å². The van der Waals surface area contributed by atoms with Gasteiger partial charge in [0, 0.05) is 14.2 Å². The summed E-state index contributed by atoms with van der Waals surface area (Å²) >= 11 is 0. The van der Waals surface area contributed by atoms with Gasteiger partial charge in [-0.25, -0.2) is 0 Å². The van der Waals surface area contributed by atoms with Crippen molar-refractivity contribution in [3.63, 3.8) is 0 Å². The summed E-state index contributed by atoms with van der Waals surface area (Å²) in [5.74, 6) is -2.70. The number of carbonyl (C=O) groups is 3. The van der Waals surface area contributed by atoms with Gasteiger partial charge in [0.1, 0.15) is 30.2 Å². The van der Waals surface area contributed by atoms with Crippen LogP contribution in [0.4, 0.5) is 0 Å². The summed E-state index contributed by atoms with van der Waals surface area (Å²) < 4.78 is 62.6. The van der Waals surface area contributed by atoms with Gasteiger partial charge < -0.3 is 52.1 Å². The van der Waals surface area contributed by atoms with E-state index in [4.69, 9.17) is 52.1 Å². The first-order valence-corrected chi connectivity index (χ1v) is 19.4. The maximum absolute atomic E-state index is 13.4. The predicted octanol–water partition coefficient (Wildman–Crippen LogP) is 5.30. The van der Waals surface area contributed by atoms with E-state index in [1.165, 1.54) is 19.8 Å². The summed E-state index contributed by atoms with van der Waals surface area (Å²) in [6.07, 6.45) is 10.2. The minimum absolute atomic E-state index is 0.0416. The first-order chi connectivity index (χ1) is 26.2. The molecule has 1 saturated carbocycles. The minimum atomic E-state index is -0.958. The molecule has 3 aliphatic carbocycles. The Morgan fingerprint density at radius 2 is 1.16 bits per heavy atom. The Hall–Kier alpha value is -3.11. The van der Waals surface area contributed by atoms with Gasteiger partial charge in [0.25, 0.3) is 0 Å². The van der Waals surface area contributed by atoms with E-state index in [0.29, 0.717) is 12.5 Å². The first-order valence-electron chi connectivity index (χ1n) is 19.4. The van der Waals surface area contributed by atoms with Crippen LogP contribution >= 0.6 is 0 Å². The van der Waals surface area contributed by atoms with Gasteiger partial charge in [-0.3, -0.25) is 14.4 Å². The van der Waals surface area contributed by atoms with Crippen LogP contribution in [0.1, 0.15) is 73.6 Å². The van der Waals surface area contributed by atoms with Crippen molar-refractivity contribution in [2.45, 2.75) is 129 Å². The molecule has 12 unspecified atom stereocenters. The zero-order valence-electron chi connectivity index (χ0n) is 33.6. The third-order valence-corrected chi connectivity index (χ3v) is 11.3. The summed E-state index contributed by atoms with van der Waals surface area (Å²) in [6.45, 7) is 11.7. The largest absolute Gasteiger partial charge is 0.497 e. The quantitative estimate of drug-likeness (QED) is 0.107. The highest BCUT2D eigenvalue weighted by Gasteiger charge is 2.50. The lowest BCUT2D eigenvalue weighted by Crippen LogP contribution is -2.40. The number of ether oxygens (including phenoxy) is 11. The van der Waals surface area contributed by atoms with Crippen LogP contribution in [0.3, 0.4) is 0 Å². The summed E-state index contributed by atoms with van der Waals surface area (Å²) in [5.41, 5.74) is 1.24. The Kier molecular flexibility index (Phi) is 15.1. The Labute approximate surface area is 324 Å². The smallest absolute Gasteiger partial charge is 0.311 e. The van der Waals surface area contributed by atoms with Crippen molar-refractivity contribution < 1.29 is 66.5 Å². The molecule has 5 aliphatic rings. The molecule has 0 bridgehead atoms. The monoisotopic (exact) mass is 776 g/mol. The molecule has 12 atom stereocenters. The molecule has 0 aromatic rings. The molecule has 0 N–H and O–H groups in total. The standard InChI is InChI=1S/C41H60O14/c1-23(45-7)53-38(42)27-18-28(39(43)54-24(2)46-8)20-29(19-27)40(44)55-26(4)52-35-22-49-36-34(21-48-37(35)36)51-25(3)50-33-16-12-31(13-17-33)41(5,6)30-10-14-32(47-9)15-11-30/h10,12-16,23-30,33-37H,11,17-22H2,1-9H3. The fourth-order valence-corrected chi connectivity index (χ4v) is 7.91. The SMILES string of the molecule is COC1=CCC(C(C)(C)C2=CCC(OC(C)OC3COC4C(OC(C)OC(=O)C5CC(C(=O)OC(C)OC)CC(C(=O)OC(C)OC)C5)COC34)C=C2)C=C1. The lowest BCUT2D eigenvalue weighted by Gasteiger charge is -2.36. The van der Waals surface area contributed by atoms with Gasteiger partial charge in [-0.1, -0.05) is 38.2 Å². The molecule has 0 spiro atoms. The summed E-state index contributed by atoms with van der Waals surface area (Å²) in [5, 5.41) is 0. The van der Waals surface area contributed by atoms with Crippen LogP contribution in [0.25, 0.3) is 0 Å². The van der Waals surface area contributed by atoms with Crippen molar-refractivity contribution in [2.75, 3.05) is 34.5 Å². The molecule has 55 heavy (non-hydrogen) atoms. The number of hydrogen-bond acceptors (Lipinski definition) is 14. The van der Waals surface area contributed by atoms with Crippen molar-refractivity contribution in [3.05, 3.63) is 47.8 Å². The van der Waals surface area contributed by atoms with E-state index in [9.17, 15) is 14.4 Å². The molecule has 308 valence electrons. The number of allylic oxidation sites excluding steroid dienone is 5. The lowest BCUT2D eigenvalue weighted by atomic mass is 9.69. The zero-order chi connectivity index (χ0) is 39.9. The second-order valence-electron chi connectivity index (χ2n) is 15.5. The van der Waals surface area contributed by atoms with E-state index in [2.05, 4.69) is 44.2 Å². The Morgan fingerprint density at radius 1 is 0.655 bits per heavy atom. The van der Waals surface area contributed by atoms with Gasteiger partial charge in [0.05, 0.1) is 44.2 Å². The average molecular weight is 777 g/mol. The maximum Gasteiger partial charge on any atom is 0.311 e. The normalized spacial score (nSPS) is 32.7. The number of methoxy groups -OCH3 is 3.